The van der Waals surface area contributed by atoms with Crippen LogP contribution in [0.15, 0.2) is 35.8 Å². The molecule has 1 unspecified atom stereocenters. The number of anilines is 1. The lowest BCUT2D eigenvalue weighted by atomic mass is 10.3. The number of nitrogen functional groups attached to an aromatic ring is 1. The zero-order valence-corrected chi connectivity index (χ0v) is 11.3. The van der Waals surface area contributed by atoms with Gasteiger partial charge in [-0.05, 0) is 19.1 Å². The number of amides is 1. The summed E-state index contributed by atoms with van der Waals surface area (Å²) in [5.74, 6) is 0.391. The fourth-order valence-corrected chi connectivity index (χ4v) is 2.19. The van der Waals surface area contributed by atoms with Crippen LogP contribution in [-0.2, 0) is 4.79 Å². The Morgan fingerprint density at radius 2 is 2.42 bits per heavy atom. The van der Waals surface area contributed by atoms with Crippen molar-refractivity contribution in [2.24, 2.45) is 0 Å². The largest absolute Gasteiger partial charge is 0.484 e. The van der Waals surface area contributed by atoms with Crippen LogP contribution in [0.25, 0.3) is 0 Å². The van der Waals surface area contributed by atoms with Gasteiger partial charge in [-0.15, -0.1) is 11.3 Å². The number of carbonyl (C=O) groups is 1. The van der Waals surface area contributed by atoms with Crippen molar-refractivity contribution in [1.29, 1.82) is 0 Å². The van der Waals surface area contributed by atoms with Crippen molar-refractivity contribution >= 4 is 22.9 Å². The molecule has 0 aliphatic rings. The van der Waals surface area contributed by atoms with Crippen molar-refractivity contribution < 1.29 is 9.53 Å². The van der Waals surface area contributed by atoms with E-state index in [1.54, 1.807) is 30.5 Å². The number of rotatable bonds is 5. The van der Waals surface area contributed by atoms with Gasteiger partial charge >= 0.3 is 0 Å². The first-order valence-corrected chi connectivity index (χ1v) is 6.70. The lowest BCUT2D eigenvalue weighted by Crippen LogP contribution is -2.31. The van der Waals surface area contributed by atoms with E-state index in [1.807, 2.05) is 12.3 Å². The number of nitrogens with one attached hydrogen (secondary N) is 1. The van der Waals surface area contributed by atoms with E-state index in [4.69, 9.17) is 10.5 Å². The zero-order chi connectivity index (χ0) is 13.7. The molecule has 19 heavy (non-hydrogen) atoms. The second-order valence-corrected chi connectivity index (χ2v) is 4.95. The van der Waals surface area contributed by atoms with Crippen LogP contribution >= 0.6 is 11.3 Å². The highest BCUT2D eigenvalue weighted by Crippen LogP contribution is 2.16. The number of hydrogen-bond donors (Lipinski definition) is 2. The van der Waals surface area contributed by atoms with E-state index < -0.39 is 0 Å². The molecule has 0 saturated heterocycles. The van der Waals surface area contributed by atoms with Crippen LogP contribution < -0.4 is 15.8 Å². The first-order chi connectivity index (χ1) is 9.15. The summed E-state index contributed by atoms with van der Waals surface area (Å²) in [6.07, 6.45) is 1.71. The van der Waals surface area contributed by atoms with Crippen LogP contribution in [0, 0.1) is 0 Å². The molecule has 0 fully saturated rings. The Balaban J connectivity index is 1.82. The molecule has 0 aliphatic heterocycles. The standard InChI is InChI=1S/C13H15N3O2S/c1-9(13-15-5-6-19-13)16-12(17)8-18-11-4-2-3-10(14)7-11/h2-7,9H,8,14H2,1H3,(H,16,17). The molecule has 0 radical (unpaired) electrons. The predicted octanol–water partition coefficient (Wildman–Crippen LogP) is 1.98. The first kappa shape index (κ1) is 13.4. The van der Waals surface area contributed by atoms with Gasteiger partial charge in [0.25, 0.3) is 5.91 Å². The van der Waals surface area contributed by atoms with Crippen molar-refractivity contribution in [3.05, 3.63) is 40.8 Å². The third-order valence-corrected chi connectivity index (χ3v) is 3.39. The molecule has 2 aromatic rings. The first-order valence-electron chi connectivity index (χ1n) is 5.82. The second kappa shape index (κ2) is 6.19. The Morgan fingerprint density at radius 1 is 1.58 bits per heavy atom. The summed E-state index contributed by atoms with van der Waals surface area (Å²) >= 11 is 1.51. The lowest BCUT2D eigenvalue weighted by Gasteiger charge is -2.12. The smallest absolute Gasteiger partial charge is 0.258 e. The summed E-state index contributed by atoms with van der Waals surface area (Å²) in [5.41, 5.74) is 6.23. The Hall–Kier alpha value is -2.08. The number of thiazole rings is 1. The highest BCUT2D eigenvalue weighted by atomic mass is 32.1. The summed E-state index contributed by atoms with van der Waals surface area (Å²) in [7, 11) is 0. The van der Waals surface area contributed by atoms with Crippen molar-refractivity contribution in [2.45, 2.75) is 13.0 Å². The molecule has 6 heteroatoms. The number of nitrogens with two attached hydrogens (primary N) is 1. The number of nitrogens with zero attached hydrogens (tertiary/aromatic N) is 1. The molecule has 0 saturated carbocycles. The van der Waals surface area contributed by atoms with Crippen molar-refractivity contribution in [2.75, 3.05) is 12.3 Å². The monoisotopic (exact) mass is 277 g/mol. The van der Waals surface area contributed by atoms with Gasteiger partial charge in [-0.2, -0.15) is 0 Å². The molecular formula is C13H15N3O2S. The van der Waals surface area contributed by atoms with E-state index >= 15 is 0 Å². The lowest BCUT2D eigenvalue weighted by molar-refractivity contribution is -0.123. The Bertz CT molecular complexity index is 543. The molecule has 1 aromatic carbocycles. The maximum atomic E-state index is 11.7. The summed E-state index contributed by atoms with van der Waals surface area (Å²) < 4.78 is 5.36. The third kappa shape index (κ3) is 3.96. The van der Waals surface area contributed by atoms with Gasteiger partial charge in [0.05, 0.1) is 6.04 Å². The summed E-state index contributed by atoms with van der Waals surface area (Å²) in [6.45, 7) is 1.84. The molecule has 1 heterocycles. The summed E-state index contributed by atoms with van der Waals surface area (Å²) in [6, 6.07) is 6.86. The van der Waals surface area contributed by atoms with E-state index in [0.29, 0.717) is 11.4 Å². The molecule has 2 rings (SSSR count). The minimum absolute atomic E-state index is 0.0425. The maximum Gasteiger partial charge on any atom is 0.258 e. The molecule has 3 N–H and O–H groups in total. The van der Waals surface area contributed by atoms with Gasteiger partial charge in [-0.25, -0.2) is 4.98 Å². The molecule has 0 spiro atoms. The van der Waals surface area contributed by atoms with Gasteiger partial charge in [0.1, 0.15) is 10.8 Å². The number of carbonyl (C=O) groups excluding carboxylic acids is 1. The van der Waals surface area contributed by atoms with Gasteiger partial charge in [-0.3, -0.25) is 4.79 Å². The molecule has 0 aliphatic carbocycles. The van der Waals surface area contributed by atoms with Crippen LogP contribution in [0.1, 0.15) is 18.0 Å². The van der Waals surface area contributed by atoms with Crippen LogP contribution in [0.5, 0.6) is 5.75 Å². The van der Waals surface area contributed by atoms with Gasteiger partial charge in [0.2, 0.25) is 0 Å². The van der Waals surface area contributed by atoms with E-state index in [9.17, 15) is 4.79 Å². The normalized spacial score (nSPS) is 11.8. The van der Waals surface area contributed by atoms with E-state index in [0.717, 1.165) is 5.01 Å². The number of aromatic nitrogens is 1. The topological polar surface area (TPSA) is 77.2 Å². The van der Waals surface area contributed by atoms with Crippen LogP contribution in [0.3, 0.4) is 0 Å². The summed E-state index contributed by atoms with van der Waals surface area (Å²) in [5, 5.41) is 5.57. The molecule has 0 bridgehead atoms. The SMILES string of the molecule is CC(NC(=O)COc1cccc(N)c1)c1nccs1. The van der Waals surface area contributed by atoms with Gasteiger partial charge in [-0.1, -0.05) is 6.07 Å². The summed E-state index contributed by atoms with van der Waals surface area (Å²) in [4.78, 5) is 15.9. The van der Waals surface area contributed by atoms with Crippen molar-refractivity contribution in [3.8, 4) is 5.75 Å². The highest BCUT2D eigenvalue weighted by Gasteiger charge is 2.11. The molecule has 5 nitrogen and oxygen atoms in total. The van der Waals surface area contributed by atoms with E-state index in [-0.39, 0.29) is 18.6 Å². The highest BCUT2D eigenvalue weighted by molar-refractivity contribution is 7.09. The van der Waals surface area contributed by atoms with E-state index in [1.165, 1.54) is 11.3 Å². The number of benzene rings is 1. The zero-order valence-electron chi connectivity index (χ0n) is 10.5. The molecule has 1 amide bonds. The van der Waals surface area contributed by atoms with Gasteiger partial charge in [0.15, 0.2) is 6.61 Å². The quantitative estimate of drug-likeness (QED) is 0.819. The molecule has 1 aromatic heterocycles. The van der Waals surface area contributed by atoms with Gasteiger partial charge < -0.3 is 15.8 Å². The van der Waals surface area contributed by atoms with Crippen molar-refractivity contribution in [1.82, 2.24) is 10.3 Å². The molecule has 1 atom stereocenters. The number of ether oxygens (including phenoxy) is 1. The van der Waals surface area contributed by atoms with Crippen LogP contribution in [0.2, 0.25) is 0 Å². The van der Waals surface area contributed by atoms with Crippen LogP contribution in [0.4, 0.5) is 5.69 Å². The fourth-order valence-electron chi connectivity index (χ4n) is 1.55. The molecule has 100 valence electrons. The number of hydrogen-bond acceptors (Lipinski definition) is 5. The molecular weight excluding hydrogens is 262 g/mol. The average molecular weight is 277 g/mol. The Morgan fingerprint density at radius 3 is 3.11 bits per heavy atom. The van der Waals surface area contributed by atoms with Crippen molar-refractivity contribution in [3.63, 3.8) is 0 Å². The fraction of sp³-hybridized carbons (Fsp3) is 0.231. The third-order valence-electron chi connectivity index (χ3n) is 2.43. The minimum atomic E-state index is -0.190. The predicted molar refractivity (Wildman–Crippen MR) is 75.0 cm³/mol. The Kier molecular flexibility index (Phi) is 4.35. The van der Waals surface area contributed by atoms with E-state index in [2.05, 4.69) is 10.3 Å². The minimum Gasteiger partial charge on any atom is -0.484 e. The van der Waals surface area contributed by atoms with Gasteiger partial charge in [0, 0.05) is 23.3 Å². The second-order valence-electron chi connectivity index (χ2n) is 4.02. The average Bonchev–Trinajstić information content (AvgIpc) is 2.90. The van der Waals surface area contributed by atoms with Crippen LogP contribution in [-0.4, -0.2) is 17.5 Å². The maximum absolute atomic E-state index is 11.7. The Labute approximate surface area is 115 Å².